The van der Waals surface area contributed by atoms with Crippen molar-refractivity contribution in [1.29, 1.82) is 0 Å². The van der Waals surface area contributed by atoms with Gasteiger partial charge in [0.1, 0.15) is 11.6 Å². The number of benzene rings is 1. The Morgan fingerprint density at radius 2 is 2.15 bits per heavy atom. The summed E-state index contributed by atoms with van der Waals surface area (Å²) in [6.07, 6.45) is 0. The first-order chi connectivity index (χ1) is 5.99. The van der Waals surface area contributed by atoms with E-state index in [1.807, 2.05) is 0 Å². The van der Waals surface area contributed by atoms with Crippen molar-refractivity contribution >= 4 is 0 Å². The van der Waals surface area contributed by atoms with E-state index in [4.69, 9.17) is 10.8 Å². The second kappa shape index (κ2) is 3.32. The fraction of sp³-hybridized carbons (Fsp3) is 0.333. The summed E-state index contributed by atoms with van der Waals surface area (Å²) in [5, 5.41) is 18.2. The van der Waals surface area contributed by atoms with Crippen LogP contribution in [0.4, 0.5) is 4.39 Å². The van der Waals surface area contributed by atoms with E-state index in [0.29, 0.717) is 0 Å². The van der Waals surface area contributed by atoms with E-state index in [0.717, 1.165) is 0 Å². The van der Waals surface area contributed by atoms with Crippen LogP contribution >= 0.6 is 0 Å². The number of aliphatic hydroxyl groups excluding tert-OH is 1. The van der Waals surface area contributed by atoms with Gasteiger partial charge in [0.25, 0.3) is 0 Å². The molecule has 0 aliphatic carbocycles. The van der Waals surface area contributed by atoms with Gasteiger partial charge in [-0.25, -0.2) is 4.39 Å². The molecule has 3 nitrogen and oxygen atoms in total. The lowest BCUT2D eigenvalue weighted by atomic mass is 9.93. The maximum Gasteiger partial charge on any atom is 0.132 e. The quantitative estimate of drug-likeness (QED) is 0.635. The molecule has 13 heavy (non-hydrogen) atoms. The number of aliphatic hydroxyl groups is 1. The zero-order valence-electron chi connectivity index (χ0n) is 7.29. The minimum Gasteiger partial charge on any atom is -0.507 e. The Morgan fingerprint density at radius 3 is 2.62 bits per heavy atom. The standard InChI is InChI=1S/C9H12FNO2/c1-9(11,5-12)8-6(10)3-2-4-7(8)13/h2-4,12-13H,5,11H2,1H3/t9-/m0/s1. The van der Waals surface area contributed by atoms with Crippen LogP contribution in [0, 0.1) is 5.82 Å². The Morgan fingerprint density at radius 1 is 1.54 bits per heavy atom. The van der Waals surface area contributed by atoms with Gasteiger partial charge >= 0.3 is 0 Å². The second-order valence-electron chi connectivity index (χ2n) is 3.21. The first-order valence-electron chi connectivity index (χ1n) is 3.87. The van der Waals surface area contributed by atoms with Gasteiger partial charge in [-0.3, -0.25) is 0 Å². The summed E-state index contributed by atoms with van der Waals surface area (Å²) in [6.45, 7) is 1.02. The van der Waals surface area contributed by atoms with E-state index in [9.17, 15) is 9.50 Å². The Kier molecular flexibility index (Phi) is 2.54. The average Bonchev–Trinajstić information content (AvgIpc) is 2.03. The Bertz CT molecular complexity index is 292. The summed E-state index contributed by atoms with van der Waals surface area (Å²) in [7, 11) is 0. The highest BCUT2D eigenvalue weighted by molar-refractivity contribution is 5.38. The molecular weight excluding hydrogens is 173 g/mol. The first-order valence-corrected chi connectivity index (χ1v) is 3.87. The number of hydrogen-bond acceptors (Lipinski definition) is 3. The highest BCUT2D eigenvalue weighted by atomic mass is 19.1. The van der Waals surface area contributed by atoms with Crippen molar-refractivity contribution in [2.45, 2.75) is 12.5 Å². The fourth-order valence-electron chi connectivity index (χ4n) is 1.16. The molecule has 0 radical (unpaired) electrons. The molecule has 4 N–H and O–H groups in total. The van der Waals surface area contributed by atoms with Gasteiger partial charge in [0, 0.05) is 0 Å². The SMILES string of the molecule is C[C@](N)(CO)c1c(O)cccc1F. The summed E-state index contributed by atoms with van der Waals surface area (Å²) >= 11 is 0. The normalized spacial score (nSPS) is 15.4. The zero-order valence-corrected chi connectivity index (χ0v) is 7.29. The molecule has 0 aliphatic rings. The van der Waals surface area contributed by atoms with Crippen LogP contribution in [-0.2, 0) is 5.54 Å². The maximum atomic E-state index is 13.2. The molecule has 1 aromatic carbocycles. The Hall–Kier alpha value is -1.13. The number of hydrogen-bond donors (Lipinski definition) is 3. The molecule has 0 spiro atoms. The monoisotopic (exact) mass is 185 g/mol. The van der Waals surface area contributed by atoms with Crippen LogP contribution in [0.5, 0.6) is 5.75 Å². The van der Waals surface area contributed by atoms with Gasteiger partial charge in [-0.1, -0.05) is 6.07 Å². The van der Waals surface area contributed by atoms with E-state index >= 15 is 0 Å². The van der Waals surface area contributed by atoms with Gasteiger partial charge in [-0.2, -0.15) is 0 Å². The fourth-order valence-corrected chi connectivity index (χ4v) is 1.16. The van der Waals surface area contributed by atoms with Crippen molar-refractivity contribution in [3.63, 3.8) is 0 Å². The number of rotatable bonds is 2. The van der Waals surface area contributed by atoms with Crippen molar-refractivity contribution in [2.75, 3.05) is 6.61 Å². The summed E-state index contributed by atoms with van der Waals surface area (Å²) in [4.78, 5) is 0. The molecule has 0 heterocycles. The highest BCUT2D eigenvalue weighted by Gasteiger charge is 2.26. The average molecular weight is 185 g/mol. The molecule has 4 heteroatoms. The zero-order chi connectivity index (χ0) is 10.1. The minimum atomic E-state index is -1.25. The van der Waals surface area contributed by atoms with Gasteiger partial charge in [0.15, 0.2) is 0 Å². The lowest BCUT2D eigenvalue weighted by Crippen LogP contribution is -2.37. The second-order valence-corrected chi connectivity index (χ2v) is 3.21. The van der Waals surface area contributed by atoms with Gasteiger partial charge < -0.3 is 15.9 Å². The van der Waals surface area contributed by atoms with Gasteiger partial charge in [0.2, 0.25) is 0 Å². The van der Waals surface area contributed by atoms with E-state index in [1.165, 1.54) is 25.1 Å². The van der Waals surface area contributed by atoms with Crippen LogP contribution in [0.25, 0.3) is 0 Å². The largest absolute Gasteiger partial charge is 0.507 e. The van der Waals surface area contributed by atoms with E-state index in [1.54, 1.807) is 0 Å². The van der Waals surface area contributed by atoms with Crippen LogP contribution in [0.2, 0.25) is 0 Å². The number of aromatic hydroxyl groups is 1. The summed E-state index contributed by atoms with van der Waals surface area (Å²) in [5.74, 6) is -0.849. The number of halogens is 1. The summed E-state index contributed by atoms with van der Waals surface area (Å²) in [5.41, 5.74) is 4.28. The number of phenolic OH excluding ortho intramolecular Hbond substituents is 1. The molecule has 1 rings (SSSR count). The van der Waals surface area contributed by atoms with Crippen molar-refractivity contribution in [2.24, 2.45) is 5.73 Å². The summed E-state index contributed by atoms with van der Waals surface area (Å²) in [6, 6.07) is 3.90. The molecule has 0 aliphatic heterocycles. The van der Waals surface area contributed by atoms with Crippen molar-refractivity contribution < 1.29 is 14.6 Å². The number of nitrogens with two attached hydrogens (primary N) is 1. The molecule has 1 aromatic rings. The molecule has 0 fully saturated rings. The van der Waals surface area contributed by atoms with Crippen molar-refractivity contribution in [3.8, 4) is 5.75 Å². The third-order valence-corrected chi connectivity index (χ3v) is 1.89. The van der Waals surface area contributed by atoms with Crippen LogP contribution in [0.15, 0.2) is 18.2 Å². The highest BCUT2D eigenvalue weighted by Crippen LogP contribution is 2.29. The van der Waals surface area contributed by atoms with E-state index < -0.39 is 18.0 Å². The first kappa shape index (κ1) is 9.95. The molecule has 0 saturated carbocycles. The molecule has 0 saturated heterocycles. The van der Waals surface area contributed by atoms with Crippen LogP contribution in [0.3, 0.4) is 0 Å². The van der Waals surface area contributed by atoms with Gasteiger partial charge in [0.05, 0.1) is 17.7 Å². The van der Waals surface area contributed by atoms with Crippen LogP contribution in [0.1, 0.15) is 12.5 Å². The van der Waals surface area contributed by atoms with Crippen LogP contribution in [-0.4, -0.2) is 16.8 Å². The van der Waals surface area contributed by atoms with E-state index in [2.05, 4.69) is 0 Å². The van der Waals surface area contributed by atoms with Gasteiger partial charge in [-0.15, -0.1) is 0 Å². The lowest BCUT2D eigenvalue weighted by molar-refractivity contribution is 0.203. The third kappa shape index (κ3) is 1.79. The van der Waals surface area contributed by atoms with E-state index in [-0.39, 0.29) is 11.3 Å². The lowest BCUT2D eigenvalue weighted by Gasteiger charge is -2.23. The van der Waals surface area contributed by atoms with Crippen molar-refractivity contribution in [1.82, 2.24) is 0 Å². The molecule has 0 aromatic heterocycles. The van der Waals surface area contributed by atoms with Crippen molar-refractivity contribution in [3.05, 3.63) is 29.6 Å². The predicted molar refractivity (Wildman–Crippen MR) is 46.7 cm³/mol. The topological polar surface area (TPSA) is 66.5 Å². The Labute approximate surface area is 75.6 Å². The summed E-state index contributed by atoms with van der Waals surface area (Å²) < 4.78 is 13.2. The van der Waals surface area contributed by atoms with Crippen LogP contribution < -0.4 is 5.73 Å². The van der Waals surface area contributed by atoms with Gasteiger partial charge in [-0.05, 0) is 19.1 Å². The molecule has 0 bridgehead atoms. The molecular formula is C9H12FNO2. The smallest absolute Gasteiger partial charge is 0.132 e. The number of phenols is 1. The molecule has 1 atom stereocenters. The predicted octanol–water partition coefficient (Wildman–Crippen LogP) is 0.698. The third-order valence-electron chi connectivity index (χ3n) is 1.89. The minimum absolute atomic E-state index is 0.0579. The molecule has 0 unspecified atom stereocenters. The maximum absolute atomic E-state index is 13.2. The molecule has 0 amide bonds. The molecule has 72 valence electrons. The Balaban J connectivity index is 3.28.